The molecule has 2 aromatic rings. The minimum Gasteiger partial charge on any atom is -0.482 e. The number of hydrogen-bond acceptors (Lipinski definition) is 7. The van der Waals surface area contributed by atoms with Crippen molar-refractivity contribution in [1.29, 1.82) is 5.41 Å². The summed E-state index contributed by atoms with van der Waals surface area (Å²) in [5.74, 6) is -3.85. The van der Waals surface area contributed by atoms with Gasteiger partial charge in [-0.3, -0.25) is 24.6 Å². The number of nitrogens with two attached hydrogens (primary N) is 1. The van der Waals surface area contributed by atoms with E-state index in [0.717, 1.165) is 5.56 Å². The number of nitrogens with one attached hydrogen (secondary N) is 4. The molecule has 0 radical (unpaired) electrons. The number of benzene rings is 2. The Kier molecular flexibility index (Phi) is 11.2. The Hall–Kier alpha value is -4.94. The number of amidine groups is 1. The Balaban J connectivity index is 1.79. The first-order valence-electron chi connectivity index (χ1n) is 11.5. The van der Waals surface area contributed by atoms with Crippen molar-refractivity contribution in [1.82, 2.24) is 16.0 Å². The molecule has 13 nitrogen and oxygen atoms in total. The molecule has 202 valence electrons. The highest BCUT2D eigenvalue weighted by molar-refractivity contribution is 5.98. The summed E-state index contributed by atoms with van der Waals surface area (Å²) in [4.78, 5) is 58.7. The van der Waals surface area contributed by atoms with Gasteiger partial charge in [0.15, 0.2) is 6.61 Å². The van der Waals surface area contributed by atoms with Crippen LogP contribution in [-0.4, -0.2) is 71.4 Å². The van der Waals surface area contributed by atoms with Crippen LogP contribution in [0.1, 0.15) is 34.3 Å². The summed E-state index contributed by atoms with van der Waals surface area (Å²) in [5.41, 5.74) is 6.96. The zero-order valence-corrected chi connectivity index (χ0v) is 20.4. The molecule has 0 unspecified atom stereocenters. The Labute approximate surface area is 217 Å². The SMILES string of the molecule is N=C(N)c1ccc(C(=O)NCCC(=O)N[C@@H](CC(=O)O)C(=O)NCCc2ccc(OCC(=O)O)cc2)cc1. The second-order valence-electron chi connectivity index (χ2n) is 8.08. The molecule has 38 heavy (non-hydrogen) atoms. The van der Waals surface area contributed by atoms with E-state index < -0.39 is 48.7 Å². The number of ether oxygens (including phenoxy) is 1. The van der Waals surface area contributed by atoms with Crippen molar-refractivity contribution in [2.75, 3.05) is 19.7 Å². The molecule has 0 aliphatic carbocycles. The van der Waals surface area contributed by atoms with Crippen molar-refractivity contribution in [3.05, 3.63) is 65.2 Å². The van der Waals surface area contributed by atoms with Gasteiger partial charge in [0, 0.05) is 30.6 Å². The van der Waals surface area contributed by atoms with E-state index in [1.54, 1.807) is 24.3 Å². The molecule has 2 rings (SSSR count). The van der Waals surface area contributed by atoms with Gasteiger partial charge >= 0.3 is 11.9 Å². The maximum absolute atomic E-state index is 12.5. The van der Waals surface area contributed by atoms with Crippen LogP contribution < -0.4 is 26.4 Å². The Morgan fingerprint density at radius 1 is 0.868 bits per heavy atom. The summed E-state index contributed by atoms with van der Waals surface area (Å²) in [6.07, 6.45) is -0.406. The van der Waals surface area contributed by atoms with Crippen LogP contribution in [0.2, 0.25) is 0 Å². The highest BCUT2D eigenvalue weighted by Gasteiger charge is 2.23. The van der Waals surface area contributed by atoms with Crippen molar-refractivity contribution in [3.63, 3.8) is 0 Å². The molecule has 1 atom stereocenters. The lowest BCUT2D eigenvalue weighted by atomic mass is 10.1. The van der Waals surface area contributed by atoms with Gasteiger partial charge in [0.1, 0.15) is 17.6 Å². The third kappa shape index (κ3) is 10.4. The number of nitrogen functional groups attached to an aromatic ring is 1. The second kappa shape index (κ2) is 14.6. The van der Waals surface area contributed by atoms with E-state index in [4.69, 9.17) is 26.1 Å². The van der Waals surface area contributed by atoms with Gasteiger partial charge in [0.2, 0.25) is 11.8 Å². The number of carbonyl (C=O) groups is 5. The van der Waals surface area contributed by atoms with E-state index in [1.165, 1.54) is 24.3 Å². The molecule has 0 aliphatic rings. The van der Waals surface area contributed by atoms with Crippen molar-refractivity contribution >= 4 is 35.5 Å². The lowest BCUT2D eigenvalue weighted by Gasteiger charge is -2.17. The van der Waals surface area contributed by atoms with Crippen molar-refractivity contribution in [3.8, 4) is 5.75 Å². The van der Waals surface area contributed by atoms with Crippen molar-refractivity contribution in [2.45, 2.75) is 25.3 Å². The quantitative estimate of drug-likeness (QED) is 0.121. The molecule has 2 aromatic carbocycles. The number of carbonyl (C=O) groups excluding carboxylic acids is 3. The van der Waals surface area contributed by atoms with Crippen molar-refractivity contribution in [2.24, 2.45) is 5.73 Å². The first kappa shape index (κ1) is 29.3. The van der Waals surface area contributed by atoms with Crippen LogP contribution in [0.5, 0.6) is 5.75 Å². The molecular weight excluding hydrogens is 498 g/mol. The zero-order chi connectivity index (χ0) is 28.1. The van der Waals surface area contributed by atoms with Crippen molar-refractivity contribution < 1.29 is 38.9 Å². The Morgan fingerprint density at radius 2 is 1.50 bits per heavy atom. The molecule has 0 aromatic heterocycles. The van der Waals surface area contributed by atoms with Gasteiger partial charge < -0.3 is 36.6 Å². The second-order valence-corrected chi connectivity index (χ2v) is 8.08. The monoisotopic (exact) mass is 527 g/mol. The average Bonchev–Trinajstić information content (AvgIpc) is 2.87. The van der Waals surface area contributed by atoms with Gasteiger partial charge in [-0.15, -0.1) is 0 Å². The predicted molar refractivity (Wildman–Crippen MR) is 135 cm³/mol. The third-order valence-electron chi connectivity index (χ3n) is 5.12. The smallest absolute Gasteiger partial charge is 0.341 e. The summed E-state index contributed by atoms with van der Waals surface area (Å²) in [7, 11) is 0. The van der Waals surface area contributed by atoms with E-state index in [0.29, 0.717) is 23.3 Å². The van der Waals surface area contributed by atoms with Gasteiger partial charge in [-0.05, 0) is 36.2 Å². The van der Waals surface area contributed by atoms with Crippen LogP contribution >= 0.6 is 0 Å². The topological polar surface area (TPSA) is 221 Å². The fourth-order valence-electron chi connectivity index (χ4n) is 3.19. The molecule has 3 amide bonds. The molecule has 0 saturated carbocycles. The molecular formula is C25H29N5O8. The van der Waals surface area contributed by atoms with Gasteiger partial charge in [-0.25, -0.2) is 4.79 Å². The van der Waals surface area contributed by atoms with Gasteiger partial charge in [0.05, 0.1) is 6.42 Å². The molecule has 0 bridgehead atoms. The summed E-state index contributed by atoms with van der Waals surface area (Å²) < 4.78 is 5.05. The van der Waals surface area contributed by atoms with Gasteiger partial charge in [-0.1, -0.05) is 24.3 Å². The summed E-state index contributed by atoms with van der Waals surface area (Å²) in [6.45, 7) is -0.347. The van der Waals surface area contributed by atoms with E-state index in [-0.39, 0.29) is 25.3 Å². The fourth-order valence-corrected chi connectivity index (χ4v) is 3.19. The summed E-state index contributed by atoms with van der Waals surface area (Å²) >= 11 is 0. The van der Waals surface area contributed by atoms with Crippen LogP contribution in [0, 0.1) is 5.41 Å². The number of carboxylic acid groups (broad SMARTS) is 2. The highest BCUT2D eigenvalue weighted by atomic mass is 16.5. The molecule has 0 heterocycles. The van der Waals surface area contributed by atoms with Crippen LogP contribution in [0.25, 0.3) is 0 Å². The molecule has 0 spiro atoms. The molecule has 13 heteroatoms. The highest BCUT2D eigenvalue weighted by Crippen LogP contribution is 2.12. The zero-order valence-electron chi connectivity index (χ0n) is 20.4. The molecule has 0 aliphatic heterocycles. The van der Waals surface area contributed by atoms with E-state index in [2.05, 4.69) is 16.0 Å². The normalized spacial score (nSPS) is 11.1. The molecule has 8 N–H and O–H groups in total. The standard InChI is InChI=1S/C25H29N5O8/c26-23(27)16-3-5-17(6-4-16)24(36)28-12-10-20(31)30-19(13-21(32)33)25(37)29-11-9-15-1-7-18(8-2-15)38-14-22(34)35/h1-8,19H,9-14H2,(H3,26,27)(H,28,36)(H,29,37)(H,30,31)(H,32,33)(H,34,35)/t19-/m0/s1. The van der Waals surface area contributed by atoms with E-state index in [1.807, 2.05) is 0 Å². The van der Waals surface area contributed by atoms with Crippen LogP contribution in [0.15, 0.2) is 48.5 Å². The number of rotatable bonds is 15. The maximum atomic E-state index is 12.5. The third-order valence-corrected chi connectivity index (χ3v) is 5.12. The minimum atomic E-state index is -1.30. The molecule has 0 saturated heterocycles. The molecule has 0 fully saturated rings. The predicted octanol–water partition coefficient (Wildman–Crippen LogP) is -0.128. The van der Waals surface area contributed by atoms with Gasteiger partial charge in [0.25, 0.3) is 5.91 Å². The lowest BCUT2D eigenvalue weighted by Crippen LogP contribution is -2.48. The Morgan fingerprint density at radius 3 is 2.08 bits per heavy atom. The maximum Gasteiger partial charge on any atom is 0.341 e. The first-order valence-corrected chi connectivity index (χ1v) is 11.5. The van der Waals surface area contributed by atoms with E-state index in [9.17, 15) is 24.0 Å². The average molecular weight is 528 g/mol. The van der Waals surface area contributed by atoms with Gasteiger partial charge in [-0.2, -0.15) is 0 Å². The fraction of sp³-hybridized carbons (Fsp3) is 0.280. The summed E-state index contributed by atoms with van der Waals surface area (Å²) in [5, 5.41) is 32.6. The number of amides is 3. The van der Waals surface area contributed by atoms with Crippen LogP contribution in [-0.2, 0) is 25.6 Å². The largest absolute Gasteiger partial charge is 0.482 e. The van der Waals surface area contributed by atoms with Crippen LogP contribution in [0.4, 0.5) is 0 Å². The Bertz CT molecular complexity index is 1170. The summed E-state index contributed by atoms with van der Waals surface area (Å²) in [6, 6.07) is 11.3. The van der Waals surface area contributed by atoms with Crippen LogP contribution in [0.3, 0.4) is 0 Å². The lowest BCUT2D eigenvalue weighted by molar-refractivity contribution is -0.141. The van der Waals surface area contributed by atoms with E-state index >= 15 is 0 Å². The number of carboxylic acids is 2. The minimum absolute atomic E-state index is 0.0489. The first-order chi connectivity index (χ1) is 18.0. The number of hydrogen-bond donors (Lipinski definition) is 7. The number of aliphatic carboxylic acids is 2.